The van der Waals surface area contributed by atoms with Crippen molar-refractivity contribution >= 4 is 12.0 Å². The van der Waals surface area contributed by atoms with Crippen LogP contribution in [-0.4, -0.2) is 65.8 Å². The molecule has 2 atom stereocenters. The molecule has 2 fully saturated rings. The van der Waals surface area contributed by atoms with Gasteiger partial charge in [-0.05, 0) is 19.8 Å². The number of aliphatic carboxylic acids is 1. The zero-order chi connectivity index (χ0) is 14.5. The highest BCUT2D eigenvalue weighted by atomic mass is 16.5. The average molecular weight is 284 g/mol. The second kappa shape index (κ2) is 6.92. The number of urea groups is 1. The van der Waals surface area contributed by atoms with Crippen LogP contribution in [0.4, 0.5) is 4.79 Å². The van der Waals surface area contributed by atoms with E-state index in [1.54, 1.807) is 4.90 Å². The lowest BCUT2D eigenvalue weighted by Crippen LogP contribution is -2.52. The van der Waals surface area contributed by atoms with Crippen molar-refractivity contribution < 1.29 is 19.4 Å². The number of amides is 2. The molecule has 0 aromatic heterocycles. The zero-order valence-corrected chi connectivity index (χ0v) is 12.1. The van der Waals surface area contributed by atoms with Gasteiger partial charge in [0.25, 0.3) is 0 Å². The largest absolute Gasteiger partial charge is 0.481 e. The summed E-state index contributed by atoms with van der Waals surface area (Å²) >= 11 is 0. The third-order valence-electron chi connectivity index (χ3n) is 4.23. The van der Waals surface area contributed by atoms with Gasteiger partial charge in [-0.2, -0.15) is 0 Å². The number of hydrogen-bond acceptors (Lipinski definition) is 3. The number of rotatable bonds is 3. The molecule has 2 saturated heterocycles. The summed E-state index contributed by atoms with van der Waals surface area (Å²) in [5.74, 6) is -1.49. The van der Waals surface area contributed by atoms with Crippen LogP contribution >= 0.6 is 0 Å². The van der Waals surface area contributed by atoms with Crippen LogP contribution in [0.3, 0.4) is 0 Å². The number of ether oxygens (including phenoxy) is 1. The average Bonchev–Trinajstić information content (AvgIpc) is 2.74. The molecule has 2 rings (SSSR count). The van der Waals surface area contributed by atoms with Gasteiger partial charge in [-0.25, -0.2) is 4.79 Å². The van der Waals surface area contributed by atoms with Crippen molar-refractivity contribution in [2.45, 2.75) is 38.6 Å². The lowest BCUT2D eigenvalue weighted by atomic mass is 10.0. The predicted octanol–water partition coefficient (Wildman–Crippen LogP) is 1.40. The first-order valence-corrected chi connectivity index (χ1v) is 7.51. The quantitative estimate of drug-likeness (QED) is 0.850. The summed E-state index contributed by atoms with van der Waals surface area (Å²) in [6.07, 6.45) is 4.40. The van der Waals surface area contributed by atoms with Gasteiger partial charge in [0.15, 0.2) is 0 Å². The fraction of sp³-hybridized carbons (Fsp3) is 0.857. The number of carbonyl (C=O) groups is 2. The highest BCUT2D eigenvalue weighted by molar-refractivity contribution is 5.77. The molecule has 2 aliphatic heterocycles. The molecule has 2 heterocycles. The van der Waals surface area contributed by atoms with Gasteiger partial charge in [0, 0.05) is 19.6 Å². The maximum atomic E-state index is 12.6. The van der Waals surface area contributed by atoms with Crippen molar-refractivity contribution in [1.29, 1.82) is 0 Å². The summed E-state index contributed by atoms with van der Waals surface area (Å²) in [5, 5.41) is 9.23. The molecule has 20 heavy (non-hydrogen) atoms. The normalized spacial score (nSPS) is 27.1. The lowest BCUT2D eigenvalue weighted by Gasteiger charge is -2.34. The van der Waals surface area contributed by atoms with Crippen molar-refractivity contribution in [3.63, 3.8) is 0 Å². The number of hydrogen-bond donors (Lipinski definition) is 1. The molecule has 0 saturated carbocycles. The van der Waals surface area contributed by atoms with E-state index in [9.17, 15) is 14.7 Å². The van der Waals surface area contributed by atoms with Crippen LogP contribution in [0.2, 0.25) is 0 Å². The summed E-state index contributed by atoms with van der Waals surface area (Å²) in [6, 6.07) is -0.371. The van der Waals surface area contributed by atoms with Crippen LogP contribution in [0.25, 0.3) is 0 Å². The summed E-state index contributed by atoms with van der Waals surface area (Å²) in [7, 11) is 0. The Bertz CT molecular complexity index is 353. The van der Waals surface area contributed by atoms with Crippen LogP contribution < -0.4 is 0 Å². The smallest absolute Gasteiger partial charge is 0.320 e. The zero-order valence-electron chi connectivity index (χ0n) is 12.1. The minimum Gasteiger partial charge on any atom is -0.481 e. The first kappa shape index (κ1) is 15.1. The van der Waals surface area contributed by atoms with E-state index in [2.05, 4.69) is 0 Å². The third kappa shape index (κ3) is 3.23. The number of carboxylic acid groups (broad SMARTS) is 1. The van der Waals surface area contributed by atoms with Crippen molar-refractivity contribution in [2.24, 2.45) is 5.92 Å². The number of carboxylic acids is 1. The highest BCUT2D eigenvalue weighted by Crippen LogP contribution is 2.22. The van der Waals surface area contributed by atoms with E-state index in [0.29, 0.717) is 13.2 Å². The molecule has 6 nitrogen and oxygen atoms in total. The van der Waals surface area contributed by atoms with Crippen molar-refractivity contribution in [3.8, 4) is 0 Å². The van der Waals surface area contributed by atoms with E-state index < -0.39 is 11.9 Å². The van der Waals surface area contributed by atoms with Crippen molar-refractivity contribution in [2.75, 3.05) is 32.8 Å². The minimum absolute atomic E-state index is 0.0313. The summed E-state index contributed by atoms with van der Waals surface area (Å²) < 4.78 is 5.28. The van der Waals surface area contributed by atoms with Gasteiger partial charge in [-0.15, -0.1) is 0 Å². The van der Waals surface area contributed by atoms with Crippen LogP contribution in [0, 0.1) is 5.92 Å². The van der Waals surface area contributed by atoms with Gasteiger partial charge in [-0.3, -0.25) is 4.79 Å². The molecule has 2 aliphatic rings. The topological polar surface area (TPSA) is 70.1 Å². The SMILES string of the molecule is CCN(C(=O)N1CCCCCC1)C1COCC1C(=O)O. The van der Waals surface area contributed by atoms with E-state index in [4.69, 9.17) is 4.74 Å². The first-order chi connectivity index (χ1) is 9.65. The van der Waals surface area contributed by atoms with Gasteiger partial charge in [0.05, 0.1) is 19.3 Å². The molecule has 1 N–H and O–H groups in total. The Morgan fingerprint density at radius 1 is 1.20 bits per heavy atom. The Morgan fingerprint density at radius 2 is 1.85 bits per heavy atom. The first-order valence-electron chi connectivity index (χ1n) is 7.51. The highest BCUT2D eigenvalue weighted by Gasteiger charge is 2.40. The van der Waals surface area contributed by atoms with Crippen molar-refractivity contribution in [3.05, 3.63) is 0 Å². The van der Waals surface area contributed by atoms with E-state index >= 15 is 0 Å². The van der Waals surface area contributed by atoms with Gasteiger partial charge < -0.3 is 19.6 Å². The second-order valence-corrected chi connectivity index (χ2v) is 5.52. The predicted molar refractivity (Wildman–Crippen MR) is 73.5 cm³/mol. The lowest BCUT2D eigenvalue weighted by molar-refractivity contribution is -0.142. The van der Waals surface area contributed by atoms with Gasteiger partial charge in [0.1, 0.15) is 5.92 Å². The Balaban J connectivity index is 2.06. The Hall–Kier alpha value is -1.30. The molecule has 0 aromatic rings. The van der Waals surface area contributed by atoms with E-state index in [1.165, 1.54) is 12.8 Å². The van der Waals surface area contributed by atoms with E-state index in [1.807, 2.05) is 11.8 Å². The number of likely N-dealkylation sites (N-methyl/N-ethyl adjacent to an activating group) is 1. The third-order valence-corrected chi connectivity index (χ3v) is 4.23. The molecule has 0 aliphatic carbocycles. The van der Waals surface area contributed by atoms with Crippen LogP contribution in [0.15, 0.2) is 0 Å². The van der Waals surface area contributed by atoms with Crippen LogP contribution in [-0.2, 0) is 9.53 Å². The molecular weight excluding hydrogens is 260 g/mol. The standard InChI is InChI=1S/C14H24N2O4/c1-2-16(12-10-20-9-11(12)13(17)18)14(19)15-7-5-3-4-6-8-15/h11-12H,2-10H2,1H3,(H,17,18). The minimum atomic E-state index is -0.880. The summed E-state index contributed by atoms with van der Waals surface area (Å²) in [5.41, 5.74) is 0. The van der Waals surface area contributed by atoms with E-state index in [-0.39, 0.29) is 18.7 Å². The summed E-state index contributed by atoms with van der Waals surface area (Å²) in [4.78, 5) is 27.4. The summed E-state index contributed by atoms with van der Waals surface area (Å²) in [6.45, 7) is 4.50. The Morgan fingerprint density at radius 3 is 2.40 bits per heavy atom. The number of likely N-dealkylation sites (tertiary alicyclic amines) is 1. The van der Waals surface area contributed by atoms with Gasteiger partial charge in [-0.1, -0.05) is 12.8 Å². The number of nitrogens with zero attached hydrogens (tertiary/aromatic N) is 2. The Labute approximate surface area is 119 Å². The molecule has 2 amide bonds. The molecule has 0 spiro atoms. The van der Waals surface area contributed by atoms with Gasteiger partial charge in [0.2, 0.25) is 0 Å². The fourth-order valence-corrected chi connectivity index (χ4v) is 3.04. The molecular formula is C14H24N2O4. The van der Waals surface area contributed by atoms with Crippen LogP contribution in [0.5, 0.6) is 0 Å². The monoisotopic (exact) mass is 284 g/mol. The molecule has 114 valence electrons. The maximum absolute atomic E-state index is 12.6. The fourth-order valence-electron chi connectivity index (χ4n) is 3.04. The molecule has 2 unspecified atom stereocenters. The molecule has 0 aromatic carbocycles. The number of carbonyl (C=O) groups excluding carboxylic acids is 1. The van der Waals surface area contributed by atoms with Crippen molar-refractivity contribution in [1.82, 2.24) is 9.80 Å². The Kier molecular flexibility index (Phi) is 5.23. The molecule has 6 heteroatoms. The molecule has 0 radical (unpaired) electrons. The van der Waals surface area contributed by atoms with E-state index in [0.717, 1.165) is 25.9 Å². The van der Waals surface area contributed by atoms with Crippen LogP contribution in [0.1, 0.15) is 32.6 Å². The maximum Gasteiger partial charge on any atom is 0.320 e. The van der Waals surface area contributed by atoms with Gasteiger partial charge >= 0.3 is 12.0 Å². The molecule has 0 bridgehead atoms. The second-order valence-electron chi connectivity index (χ2n) is 5.52.